The molecule has 0 saturated heterocycles. The Kier molecular flexibility index (Phi) is 3.79. The standard InChI is InChI=1S/C16H14Cl2N2O/c1-2-7-20-15-8-10(17)3-6-14(15)19-16(20)12-9-11(21)4-5-13(12)18/h3-6,8-9,21H,2,7H2,1H3. The quantitative estimate of drug-likeness (QED) is 0.726. The van der Waals surface area contributed by atoms with Crippen LogP contribution in [-0.4, -0.2) is 14.7 Å². The average Bonchev–Trinajstić information content (AvgIpc) is 2.80. The third-order valence-electron chi connectivity index (χ3n) is 3.35. The van der Waals surface area contributed by atoms with Crippen LogP contribution in [-0.2, 0) is 6.54 Å². The van der Waals surface area contributed by atoms with Crippen molar-refractivity contribution in [2.24, 2.45) is 0 Å². The first-order valence-corrected chi connectivity index (χ1v) is 7.50. The van der Waals surface area contributed by atoms with E-state index in [4.69, 9.17) is 23.2 Å². The number of aromatic hydroxyl groups is 1. The number of halogens is 2. The fourth-order valence-corrected chi connectivity index (χ4v) is 2.80. The fourth-order valence-electron chi connectivity index (χ4n) is 2.44. The summed E-state index contributed by atoms with van der Waals surface area (Å²) in [5.74, 6) is 0.914. The molecular weight excluding hydrogens is 307 g/mol. The van der Waals surface area contributed by atoms with Crippen molar-refractivity contribution in [2.45, 2.75) is 19.9 Å². The molecule has 0 amide bonds. The van der Waals surface area contributed by atoms with E-state index >= 15 is 0 Å². The van der Waals surface area contributed by atoms with Gasteiger partial charge in [-0.15, -0.1) is 0 Å². The summed E-state index contributed by atoms with van der Waals surface area (Å²) in [5, 5.41) is 11.0. The molecule has 3 nitrogen and oxygen atoms in total. The predicted octanol–water partition coefficient (Wildman–Crippen LogP) is 5.13. The second kappa shape index (κ2) is 5.58. The number of benzene rings is 2. The van der Waals surface area contributed by atoms with E-state index < -0.39 is 0 Å². The van der Waals surface area contributed by atoms with E-state index in [1.54, 1.807) is 18.2 Å². The molecule has 21 heavy (non-hydrogen) atoms. The lowest BCUT2D eigenvalue weighted by Crippen LogP contribution is -2.00. The molecule has 0 saturated carbocycles. The maximum absolute atomic E-state index is 9.72. The van der Waals surface area contributed by atoms with Gasteiger partial charge in [-0.3, -0.25) is 0 Å². The topological polar surface area (TPSA) is 38.0 Å². The number of nitrogens with zero attached hydrogens (tertiary/aromatic N) is 2. The highest BCUT2D eigenvalue weighted by Crippen LogP contribution is 2.33. The van der Waals surface area contributed by atoms with Gasteiger partial charge in [-0.25, -0.2) is 4.98 Å². The van der Waals surface area contributed by atoms with Crippen molar-refractivity contribution in [2.75, 3.05) is 0 Å². The van der Waals surface area contributed by atoms with Crippen LogP contribution in [0.2, 0.25) is 10.0 Å². The molecule has 0 aliphatic heterocycles. The second-order valence-corrected chi connectivity index (χ2v) is 5.73. The predicted molar refractivity (Wildman–Crippen MR) is 87.1 cm³/mol. The first kappa shape index (κ1) is 14.2. The zero-order chi connectivity index (χ0) is 15.0. The van der Waals surface area contributed by atoms with Crippen LogP contribution in [0, 0.1) is 0 Å². The Morgan fingerprint density at radius 3 is 2.71 bits per heavy atom. The summed E-state index contributed by atoms with van der Waals surface area (Å²) >= 11 is 12.4. The number of phenols is 1. The maximum Gasteiger partial charge on any atom is 0.142 e. The molecule has 1 N–H and O–H groups in total. The number of aromatic nitrogens is 2. The van der Waals surface area contributed by atoms with Crippen molar-refractivity contribution in [1.82, 2.24) is 9.55 Å². The van der Waals surface area contributed by atoms with E-state index in [1.165, 1.54) is 0 Å². The largest absolute Gasteiger partial charge is 0.508 e. The van der Waals surface area contributed by atoms with Gasteiger partial charge in [0.1, 0.15) is 11.6 Å². The molecule has 2 aromatic carbocycles. The molecule has 0 aliphatic rings. The highest BCUT2D eigenvalue weighted by atomic mass is 35.5. The van der Waals surface area contributed by atoms with Crippen LogP contribution in [0.5, 0.6) is 5.75 Å². The Morgan fingerprint density at radius 1 is 1.14 bits per heavy atom. The summed E-state index contributed by atoms with van der Waals surface area (Å²) in [6.45, 7) is 2.91. The summed E-state index contributed by atoms with van der Waals surface area (Å²) < 4.78 is 2.09. The van der Waals surface area contributed by atoms with E-state index in [2.05, 4.69) is 16.5 Å². The van der Waals surface area contributed by atoms with Crippen molar-refractivity contribution in [3.05, 3.63) is 46.4 Å². The van der Waals surface area contributed by atoms with Gasteiger partial charge in [0.05, 0.1) is 16.1 Å². The lowest BCUT2D eigenvalue weighted by molar-refractivity contribution is 0.475. The molecule has 3 rings (SSSR count). The maximum atomic E-state index is 9.72. The van der Waals surface area contributed by atoms with E-state index in [-0.39, 0.29) is 5.75 Å². The molecule has 5 heteroatoms. The summed E-state index contributed by atoms with van der Waals surface area (Å²) in [6, 6.07) is 10.5. The van der Waals surface area contributed by atoms with Crippen LogP contribution >= 0.6 is 23.2 Å². The molecule has 1 aromatic heterocycles. The summed E-state index contributed by atoms with van der Waals surface area (Å²) in [7, 11) is 0. The Morgan fingerprint density at radius 2 is 1.95 bits per heavy atom. The van der Waals surface area contributed by atoms with Crippen molar-refractivity contribution < 1.29 is 5.11 Å². The van der Waals surface area contributed by atoms with Gasteiger partial charge >= 0.3 is 0 Å². The molecular formula is C16H14Cl2N2O. The molecule has 0 radical (unpaired) electrons. The molecule has 3 aromatic rings. The van der Waals surface area contributed by atoms with E-state index in [9.17, 15) is 5.11 Å². The summed E-state index contributed by atoms with van der Waals surface area (Å²) in [6.07, 6.45) is 0.960. The number of fused-ring (bicyclic) bond motifs is 1. The van der Waals surface area contributed by atoms with Crippen LogP contribution < -0.4 is 0 Å². The van der Waals surface area contributed by atoms with Crippen molar-refractivity contribution in [3.8, 4) is 17.1 Å². The number of hydrogen-bond donors (Lipinski definition) is 1. The lowest BCUT2D eigenvalue weighted by Gasteiger charge is -2.09. The Balaban J connectivity index is 2.30. The van der Waals surface area contributed by atoms with Crippen molar-refractivity contribution in [1.29, 1.82) is 0 Å². The molecule has 0 spiro atoms. The number of rotatable bonds is 3. The monoisotopic (exact) mass is 320 g/mol. The van der Waals surface area contributed by atoms with Gasteiger partial charge in [0, 0.05) is 17.1 Å². The Bertz CT molecular complexity index is 811. The zero-order valence-corrected chi connectivity index (χ0v) is 13.0. The van der Waals surface area contributed by atoms with Gasteiger partial charge in [0.25, 0.3) is 0 Å². The first-order valence-electron chi connectivity index (χ1n) is 6.75. The molecule has 0 aliphatic carbocycles. The SMILES string of the molecule is CCCn1c(-c2cc(O)ccc2Cl)nc2ccc(Cl)cc21. The number of imidazole rings is 1. The number of phenolic OH excluding ortho intramolecular Hbond substituents is 1. The first-order chi connectivity index (χ1) is 10.1. The third-order valence-corrected chi connectivity index (χ3v) is 3.91. The highest BCUT2D eigenvalue weighted by molar-refractivity contribution is 6.33. The minimum absolute atomic E-state index is 0.169. The fraction of sp³-hybridized carbons (Fsp3) is 0.188. The second-order valence-electron chi connectivity index (χ2n) is 4.88. The smallest absolute Gasteiger partial charge is 0.142 e. The minimum atomic E-state index is 0.169. The Labute approximate surface area is 132 Å². The summed E-state index contributed by atoms with van der Waals surface area (Å²) in [5.41, 5.74) is 2.55. The van der Waals surface area contributed by atoms with Crippen LogP contribution in [0.4, 0.5) is 0 Å². The highest BCUT2D eigenvalue weighted by Gasteiger charge is 2.15. The van der Waals surface area contributed by atoms with Gasteiger partial charge in [-0.05, 0) is 42.8 Å². The number of hydrogen-bond acceptors (Lipinski definition) is 2. The van der Waals surface area contributed by atoms with Gasteiger partial charge in [-0.2, -0.15) is 0 Å². The van der Waals surface area contributed by atoms with Crippen LogP contribution in [0.15, 0.2) is 36.4 Å². The average molecular weight is 321 g/mol. The van der Waals surface area contributed by atoms with Crippen molar-refractivity contribution in [3.63, 3.8) is 0 Å². The molecule has 0 bridgehead atoms. The normalized spacial score (nSPS) is 11.2. The van der Waals surface area contributed by atoms with Gasteiger partial charge < -0.3 is 9.67 Å². The minimum Gasteiger partial charge on any atom is -0.508 e. The van der Waals surface area contributed by atoms with Crippen LogP contribution in [0.1, 0.15) is 13.3 Å². The molecule has 1 heterocycles. The Hall–Kier alpha value is -1.71. The van der Waals surface area contributed by atoms with Crippen molar-refractivity contribution >= 4 is 34.2 Å². The lowest BCUT2D eigenvalue weighted by atomic mass is 10.2. The van der Waals surface area contributed by atoms with Gasteiger partial charge in [0.15, 0.2) is 0 Å². The molecule has 0 unspecified atom stereocenters. The molecule has 0 fully saturated rings. The molecule has 108 valence electrons. The van der Waals surface area contributed by atoms with E-state index in [0.717, 1.165) is 35.4 Å². The molecule has 0 atom stereocenters. The van der Waals surface area contributed by atoms with Gasteiger partial charge in [0.2, 0.25) is 0 Å². The van der Waals surface area contributed by atoms with E-state index in [1.807, 2.05) is 18.2 Å². The van der Waals surface area contributed by atoms with Crippen LogP contribution in [0.3, 0.4) is 0 Å². The van der Waals surface area contributed by atoms with E-state index in [0.29, 0.717) is 10.0 Å². The zero-order valence-electron chi connectivity index (χ0n) is 11.5. The third kappa shape index (κ3) is 2.59. The number of aryl methyl sites for hydroxylation is 1. The summed E-state index contributed by atoms with van der Waals surface area (Å²) in [4.78, 5) is 4.65. The van der Waals surface area contributed by atoms with Crippen LogP contribution in [0.25, 0.3) is 22.4 Å². The van der Waals surface area contributed by atoms with Gasteiger partial charge in [-0.1, -0.05) is 30.1 Å².